The van der Waals surface area contributed by atoms with Gasteiger partial charge in [-0.1, -0.05) is 6.42 Å². The summed E-state index contributed by atoms with van der Waals surface area (Å²) in [5, 5.41) is 1.97. The molecule has 1 aliphatic carbocycles. The van der Waals surface area contributed by atoms with Gasteiger partial charge in [0, 0.05) is 12.1 Å². The number of hydrogen-bond acceptors (Lipinski definition) is 4. The number of rotatable bonds is 2. The zero-order valence-corrected chi connectivity index (χ0v) is 10.7. The summed E-state index contributed by atoms with van der Waals surface area (Å²) >= 11 is 0. The average molecular weight is 260 g/mol. The molecule has 0 bridgehead atoms. The maximum absolute atomic E-state index is 12.0. The SMILES string of the molecule is NC1CCCC1NC(=O)C1CCCCS1(=O)=O. The summed E-state index contributed by atoms with van der Waals surface area (Å²) in [7, 11) is -3.23. The van der Waals surface area contributed by atoms with Crippen molar-refractivity contribution in [3.8, 4) is 0 Å². The van der Waals surface area contributed by atoms with Gasteiger partial charge in [0.1, 0.15) is 5.25 Å². The Labute approximate surface area is 102 Å². The van der Waals surface area contributed by atoms with Crippen molar-refractivity contribution in [1.29, 1.82) is 0 Å². The van der Waals surface area contributed by atoms with Gasteiger partial charge in [0.15, 0.2) is 9.84 Å². The molecular formula is C11H20N2O3S. The van der Waals surface area contributed by atoms with E-state index in [2.05, 4.69) is 5.32 Å². The molecule has 1 saturated carbocycles. The number of carbonyl (C=O) groups is 1. The van der Waals surface area contributed by atoms with Crippen LogP contribution in [0.25, 0.3) is 0 Å². The highest BCUT2D eigenvalue weighted by atomic mass is 32.2. The number of nitrogens with two attached hydrogens (primary N) is 1. The van der Waals surface area contributed by atoms with E-state index in [9.17, 15) is 13.2 Å². The molecule has 0 aromatic rings. The van der Waals surface area contributed by atoms with E-state index in [1.807, 2.05) is 0 Å². The van der Waals surface area contributed by atoms with Gasteiger partial charge in [0.05, 0.1) is 5.75 Å². The normalized spacial score (nSPS) is 36.6. The predicted molar refractivity (Wildman–Crippen MR) is 65.2 cm³/mol. The van der Waals surface area contributed by atoms with Crippen LogP contribution in [0.4, 0.5) is 0 Å². The summed E-state index contributed by atoms with van der Waals surface area (Å²) in [4.78, 5) is 12.0. The zero-order valence-electron chi connectivity index (χ0n) is 9.89. The Kier molecular flexibility index (Phi) is 3.73. The van der Waals surface area contributed by atoms with Gasteiger partial charge in [0.2, 0.25) is 5.91 Å². The Bertz CT molecular complexity index is 394. The predicted octanol–water partition coefficient (Wildman–Crippen LogP) is -0.0503. The Morgan fingerprint density at radius 3 is 2.47 bits per heavy atom. The highest BCUT2D eigenvalue weighted by Gasteiger charge is 2.36. The van der Waals surface area contributed by atoms with Gasteiger partial charge in [-0.25, -0.2) is 8.42 Å². The second-order valence-electron chi connectivity index (χ2n) is 5.06. The lowest BCUT2D eigenvalue weighted by Gasteiger charge is -2.24. The van der Waals surface area contributed by atoms with Crippen LogP contribution in [-0.4, -0.2) is 37.4 Å². The van der Waals surface area contributed by atoms with E-state index in [1.54, 1.807) is 0 Å². The maximum atomic E-state index is 12.0. The van der Waals surface area contributed by atoms with Crippen molar-refractivity contribution in [2.45, 2.75) is 55.9 Å². The van der Waals surface area contributed by atoms with Gasteiger partial charge in [-0.2, -0.15) is 0 Å². The minimum Gasteiger partial charge on any atom is -0.351 e. The second kappa shape index (κ2) is 4.94. The molecule has 0 spiro atoms. The molecule has 0 aromatic heterocycles. The first-order valence-corrected chi connectivity index (χ1v) is 8.00. The first kappa shape index (κ1) is 12.8. The van der Waals surface area contributed by atoms with Crippen molar-refractivity contribution >= 4 is 15.7 Å². The molecule has 6 heteroatoms. The number of amides is 1. The monoisotopic (exact) mass is 260 g/mol. The fourth-order valence-electron chi connectivity index (χ4n) is 2.69. The van der Waals surface area contributed by atoms with Crippen LogP contribution >= 0.6 is 0 Å². The molecule has 1 amide bonds. The summed E-state index contributed by atoms with van der Waals surface area (Å²) in [6, 6.07) is -0.0649. The van der Waals surface area contributed by atoms with E-state index < -0.39 is 15.1 Å². The van der Waals surface area contributed by atoms with Crippen LogP contribution in [-0.2, 0) is 14.6 Å². The quantitative estimate of drug-likeness (QED) is 0.728. The summed E-state index contributed by atoms with van der Waals surface area (Å²) < 4.78 is 23.6. The van der Waals surface area contributed by atoms with Crippen molar-refractivity contribution in [1.82, 2.24) is 5.32 Å². The van der Waals surface area contributed by atoms with Gasteiger partial charge < -0.3 is 11.1 Å². The minimum atomic E-state index is -3.23. The van der Waals surface area contributed by atoms with Crippen LogP contribution < -0.4 is 11.1 Å². The lowest BCUT2D eigenvalue weighted by Crippen LogP contribution is -2.50. The first-order valence-electron chi connectivity index (χ1n) is 6.28. The van der Waals surface area contributed by atoms with Crippen molar-refractivity contribution in [3.05, 3.63) is 0 Å². The Balaban J connectivity index is 1.99. The lowest BCUT2D eigenvalue weighted by atomic mass is 10.1. The van der Waals surface area contributed by atoms with Gasteiger partial charge in [0.25, 0.3) is 0 Å². The van der Waals surface area contributed by atoms with E-state index in [0.29, 0.717) is 12.8 Å². The van der Waals surface area contributed by atoms with Crippen LogP contribution in [0.15, 0.2) is 0 Å². The van der Waals surface area contributed by atoms with Crippen molar-refractivity contribution in [3.63, 3.8) is 0 Å². The third kappa shape index (κ3) is 2.80. The number of sulfone groups is 1. The largest absolute Gasteiger partial charge is 0.351 e. The molecule has 3 N–H and O–H groups in total. The number of carbonyl (C=O) groups excluding carboxylic acids is 1. The molecule has 0 aromatic carbocycles. The van der Waals surface area contributed by atoms with Crippen LogP contribution in [0.3, 0.4) is 0 Å². The molecule has 1 heterocycles. The molecule has 0 radical (unpaired) electrons. The third-order valence-corrected chi connectivity index (χ3v) is 5.94. The van der Waals surface area contributed by atoms with Crippen LogP contribution in [0.2, 0.25) is 0 Å². The summed E-state index contributed by atoms with van der Waals surface area (Å²) in [5.41, 5.74) is 5.86. The molecule has 1 aliphatic heterocycles. The van der Waals surface area contributed by atoms with E-state index in [-0.39, 0.29) is 23.7 Å². The molecule has 17 heavy (non-hydrogen) atoms. The second-order valence-corrected chi connectivity index (χ2v) is 7.36. The summed E-state index contributed by atoms with van der Waals surface area (Å²) in [5.74, 6) is -0.200. The molecular weight excluding hydrogens is 240 g/mol. The molecule has 3 unspecified atom stereocenters. The van der Waals surface area contributed by atoms with Gasteiger partial charge in [-0.3, -0.25) is 4.79 Å². The highest BCUT2D eigenvalue weighted by molar-refractivity contribution is 7.92. The molecule has 1 saturated heterocycles. The van der Waals surface area contributed by atoms with E-state index in [4.69, 9.17) is 5.73 Å². The Hall–Kier alpha value is -0.620. The molecule has 5 nitrogen and oxygen atoms in total. The maximum Gasteiger partial charge on any atom is 0.238 e. The molecule has 2 rings (SSSR count). The van der Waals surface area contributed by atoms with Crippen LogP contribution in [0.1, 0.15) is 38.5 Å². The topological polar surface area (TPSA) is 89.3 Å². The molecule has 98 valence electrons. The molecule has 2 aliphatic rings. The molecule has 2 fully saturated rings. The van der Waals surface area contributed by atoms with Crippen molar-refractivity contribution in [2.75, 3.05) is 5.75 Å². The van der Waals surface area contributed by atoms with Crippen LogP contribution in [0, 0.1) is 0 Å². The fraction of sp³-hybridized carbons (Fsp3) is 0.909. The van der Waals surface area contributed by atoms with Crippen LogP contribution in [0.5, 0.6) is 0 Å². The summed E-state index contributed by atoms with van der Waals surface area (Å²) in [6.45, 7) is 0. The Morgan fingerprint density at radius 2 is 1.88 bits per heavy atom. The highest BCUT2D eigenvalue weighted by Crippen LogP contribution is 2.22. The standard InChI is InChI=1S/C11H20N2O3S/c12-8-4-3-5-9(8)13-11(14)10-6-1-2-7-17(10,15)16/h8-10H,1-7,12H2,(H,13,14). The zero-order chi connectivity index (χ0) is 12.5. The number of hydrogen-bond donors (Lipinski definition) is 2. The fourth-order valence-corrected chi connectivity index (χ4v) is 4.50. The Morgan fingerprint density at radius 1 is 1.12 bits per heavy atom. The van der Waals surface area contributed by atoms with E-state index in [0.717, 1.165) is 25.7 Å². The number of nitrogens with one attached hydrogen (secondary N) is 1. The van der Waals surface area contributed by atoms with Gasteiger partial charge in [-0.05, 0) is 32.1 Å². The smallest absolute Gasteiger partial charge is 0.238 e. The first-order chi connectivity index (χ1) is 8.00. The average Bonchev–Trinajstić information content (AvgIpc) is 2.63. The molecule has 3 atom stereocenters. The third-order valence-electron chi connectivity index (χ3n) is 3.77. The van der Waals surface area contributed by atoms with Crippen molar-refractivity contribution < 1.29 is 13.2 Å². The van der Waals surface area contributed by atoms with Gasteiger partial charge >= 0.3 is 0 Å². The summed E-state index contributed by atoms with van der Waals surface area (Å²) in [6.07, 6.45) is 4.71. The minimum absolute atomic E-state index is 0.0229. The van der Waals surface area contributed by atoms with E-state index in [1.165, 1.54) is 0 Å². The van der Waals surface area contributed by atoms with E-state index >= 15 is 0 Å². The lowest BCUT2D eigenvalue weighted by molar-refractivity contribution is -0.121. The van der Waals surface area contributed by atoms with Gasteiger partial charge in [-0.15, -0.1) is 0 Å². The van der Waals surface area contributed by atoms with Crippen molar-refractivity contribution in [2.24, 2.45) is 5.73 Å².